The monoisotopic (exact) mass is 330 g/mol. The van der Waals surface area contributed by atoms with Crippen LogP contribution in [0.3, 0.4) is 0 Å². The molecule has 0 amide bonds. The molecule has 4 heteroatoms. The van der Waals surface area contributed by atoms with Gasteiger partial charge in [-0.2, -0.15) is 0 Å². The third-order valence-electron chi connectivity index (χ3n) is 8.38. The van der Waals surface area contributed by atoms with Gasteiger partial charge < -0.3 is 14.2 Å². The molecule has 5 fully saturated rings. The van der Waals surface area contributed by atoms with Crippen molar-refractivity contribution >= 4 is 5.78 Å². The highest BCUT2D eigenvalue weighted by Crippen LogP contribution is 2.73. The zero-order valence-electron chi connectivity index (χ0n) is 14.4. The van der Waals surface area contributed by atoms with Gasteiger partial charge in [-0.15, -0.1) is 0 Å². The maximum absolute atomic E-state index is 12.5. The van der Waals surface area contributed by atoms with E-state index in [-0.39, 0.29) is 22.4 Å². The van der Waals surface area contributed by atoms with E-state index >= 15 is 0 Å². The zero-order chi connectivity index (χ0) is 16.2. The van der Waals surface area contributed by atoms with E-state index in [1.807, 2.05) is 0 Å². The van der Waals surface area contributed by atoms with Crippen LogP contribution >= 0.6 is 0 Å². The van der Waals surface area contributed by atoms with Crippen LogP contribution in [0, 0.1) is 17.3 Å². The van der Waals surface area contributed by atoms with Gasteiger partial charge in [0.2, 0.25) is 0 Å². The molecular weight excluding hydrogens is 304 g/mol. The Morgan fingerprint density at radius 1 is 1.12 bits per heavy atom. The van der Waals surface area contributed by atoms with Crippen LogP contribution in [0.1, 0.15) is 58.3 Å². The maximum Gasteiger partial charge on any atom is 0.171 e. The van der Waals surface area contributed by atoms with Gasteiger partial charge in [0.15, 0.2) is 5.79 Å². The minimum atomic E-state index is -0.375. The number of Topliss-reactive ketones (excluding diaryl/α,β-unsaturated/α-hetero) is 1. The summed E-state index contributed by atoms with van der Waals surface area (Å²) in [5.41, 5.74) is 1.34. The molecule has 2 aliphatic heterocycles. The molecule has 2 heterocycles. The van der Waals surface area contributed by atoms with Crippen molar-refractivity contribution in [3.05, 3.63) is 11.6 Å². The second kappa shape index (κ2) is 4.16. The molecule has 6 rings (SSSR count). The van der Waals surface area contributed by atoms with Crippen molar-refractivity contribution in [1.82, 2.24) is 0 Å². The first-order valence-corrected chi connectivity index (χ1v) is 9.75. The number of rotatable bonds is 0. The highest BCUT2D eigenvalue weighted by Gasteiger charge is 2.79. The molecule has 4 nitrogen and oxygen atoms in total. The molecule has 130 valence electrons. The van der Waals surface area contributed by atoms with Crippen LogP contribution in [-0.4, -0.2) is 36.0 Å². The van der Waals surface area contributed by atoms with E-state index in [0.717, 1.165) is 64.6 Å². The van der Waals surface area contributed by atoms with E-state index in [1.54, 1.807) is 5.57 Å². The van der Waals surface area contributed by atoms with Gasteiger partial charge in [0, 0.05) is 24.7 Å². The summed E-state index contributed by atoms with van der Waals surface area (Å²) in [7, 11) is 0. The van der Waals surface area contributed by atoms with Crippen LogP contribution in [0.4, 0.5) is 0 Å². The summed E-state index contributed by atoms with van der Waals surface area (Å²) >= 11 is 0. The van der Waals surface area contributed by atoms with Crippen LogP contribution < -0.4 is 0 Å². The molecule has 0 aromatic heterocycles. The average Bonchev–Trinajstić information content (AvgIpc) is 2.88. The van der Waals surface area contributed by atoms with E-state index in [9.17, 15) is 4.79 Å². The van der Waals surface area contributed by atoms with Crippen molar-refractivity contribution in [3.63, 3.8) is 0 Å². The van der Waals surface area contributed by atoms with E-state index in [1.165, 1.54) is 0 Å². The Hall–Kier alpha value is -0.710. The minimum Gasteiger partial charge on any atom is -0.358 e. The average molecular weight is 330 g/mol. The van der Waals surface area contributed by atoms with Gasteiger partial charge >= 0.3 is 0 Å². The van der Waals surface area contributed by atoms with Gasteiger partial charge in [0.25, 0.3) is 0 Å². The molecule has 5 atom stereocenters. The molecule has 2 unspecified atom stereocenters. The second-order valence-electron chi connectivity index (χ2n) is 9.20. The van der Waals surface area contributed by atoms with Crippen molar-refractivity contribution in [2.75, 3.05) is 13.2 Å². The van der Waals surface area contributed by atoms with Crippen molar-refractivity contribution in [2.24, 2.45) is 17.3 Å². The first-order valence-electron chi connectivity index (χ1n) is 9.75. The Bertz CT molecular complexity index is 663. The lowest BCUT2D eigenvalue weighted by Crippen LogP contribution is -2.51. The predicted octanol–water partition coefficient (Wildman–Crippen LogP) is 3.15. The molecule has 3 saturated carbocycles. The van der Waals surface area contributed by atoms with E-state index in [4.69, 9.17) is 14.2 Å². The molecule has 0 radical (unpaired) electrons. The lowest BCUT2D eigenvalue weighted by atomic mass is 9.54. The molecule has 4 aliphatic carbocycles. The normalized spacial score (nSPS) is 53.9. The van der Waals surface area contributed by atoms with Crippen LogP contribution in [0.25, 0.3) is 0 Å². The first-order chi connectivity index (χ1) is 11.5. The van der Waals surface area contributed by atoms with E-state index in [0.29, 0.717) is 17.6 Å². The van der Waals surface area contributed by atoms with Gasteiger partial charge in [-0.05, 0) is 49.5 Å². The number of carbonyl (C=O) groups is 1. The van der Waals surface area contributed by atoms with Crippen molar-refractivity contribution in [2.45, 2.75) is 75.3 Å². The summed E-state index contributed by atoms with van der Waals surface area (Å²) in [5.74, 6) is 1.21. The Balaban J connectivity index is 1.37. The summed E-state index contributed by atoms with van der Waals surface area (Å²) < 4.78 is 18.5. The van der Waals surface area contributed by atoms with Gasteiger partial charge in [-0.25, -0.2) is 0 Å². The topological polar surface area (TPSA) is 48.1 Å². The Kier molecular flexibility index (Phi) is 2.51. The Labute approximate surface area is 142 Å². The van der Waals surface area contributed by atoms with Crippen molar-refractivity contribution < 1.29 is 19.0 Å². The molecule has 24 heavy (non-hydrogen) atoms. The first kappa shape index (κ1) is 14.5. The van der Waals surface area contributed by atoms with Crippen molar-refractivity contribution in [1.29, 1.82) is 0 Å². The van der Waals surface area contributed by atoms with Gasteiger partial charge in [-0.3, -0.25) is 4.79 Å². The number of hydrogen-bond acceptors (Lipinski definition) is 4. The van der Waals surface area contributed by atoms with Crippen LogP contribution in [-0.2, 0) is 19.0 Å². The lowest BCUT2D eigenvalue weighted by Gasteiger charge is -2.48. The molecule has 0 aromatic carbocycles. The van der Waals surface area contributed by atoms with Crippen LogP contribution in [0.2, 0.25) is 0 Å². The largest absolute Gasteiger partial charge is 0.358 e. The molecular formula is C20H26O4. The molecule has 1 spiro atoms. The quantitative estimate of drug-likeness (QED) is 0.506. The number of fused-ring (bicyclic) bond motifs is 3. The molecule has 2 saturated heterocycles. The summed E-state index contributed by atoms with van der Waals surface area (Å²) in [6.45, 7) is 3.65. The Morgan fingerprint density at radius 3 is 2.79 bits per heavy atom. The lowest BCUT2D eigenvalue weighted by molar-refractivity contribution is -0.185. The van der Waals surface area contributed by atoms with Gasteiger partial charge in [0.05, 0.1) is 13.2 Å². The second-order valence-corrected chi connectivity index (χ2v) is 9.20. The smallest absolute Gasteiger partial charge is 0.171 e. The standard InChI is InChI=1S/C20H26O4/c1-17-6-5-15-13(14(17)2-3-16(17)21)4-7-18-12-19(22-10-11-23-19)8-9-20(15,18)24-18/h5,13-14H,2-4,6-12H2,1H3/t13?,14?,17-,18+,20+/m1/s1. The number of ketones is 1. The summed E-state index contributed by atoms with van der Waals surface area (Å²) in [4.78, 5) is 12.5. The third kappa shape index (κ3) is 1.47. The Morgan fingerprint density at radius 2 is 1.96 bits per heavy atom. The minimum absolute atomic E-state index is 0.0473. The molecule has 0 bridgehead atoms. The van der Waals surface area contributed by atoms with E-state index < -0.39 is 0 Å². The van der Waals surface area contributed by atoms with Crippen LogP contribution in [0.15, 0.2) is 11.6 Å². The summed E-state index contributed by atoms with van der Waals surface area (Å²) in [6, 6.07) is 0. The maximum atomic E-state index is 12.5. The third-order valence-corrected chi connectivity index (χ3v) is 8.38. The van der Waals surface area contributed by atoms with E-state index in [2.05, 4.69) is 13.0 Å². The number of allylic oxidation sites excluding steroid dienone is 1. The fourth-order valence-corrected chi connectivity index (χ4v) is 7.11. The molecule has 0 aromatic rings. The number of hydrogen-bond donors (Lipinski definition) is 0. The number of epoxide rings is 1. The van der Waals surface area contributed by atoms with Crippen molar-refractivity contribution in [3.8, 4) is 0 Å². The highest BCUT2D eigenvalue weighted by atomic mass is 16.7. The fraction of sp³-hybridized carbons (Fsp3) is 0.850. The summed E-state index contributed by atoms with van der Waals surface area (Å²) in [6.07, 6.45) is 10.3. The molecule has 6 aliphatic rings. The number of carbonyl (C=O) groups excluding carboxylic acids is 1. The number of ether oxygens (including phenoxy) is 3. The fourth-order valence-electron chi connectivity index (χ4n) is 7.11. The van der Waals surface area contributed by atoms with Gasteiger partial charge in [-0.1, -0.05) is 13.0 Å². The predicted molar refractivity (Wildman–Crippen MR) is 86.3 cm³/mol. The molecule has 0 N–H and O–H groups in total. The zero-order valence-corrected chi connectivity index (χ0v) is 14.4. The SMILES string of the molecule is C[C@@]12CC=C3C(CC[C@]45CC6(CC[C@]34O5)OCCO6)C1CCC2=O. The van der Waals surface area contributed by atoms with Gasteiger partial charge in [0.1, 0.15) is 17.0 Å². The van der Waals surface area contributed by atoms with Crippen LogP contribution in [0.5, 0.6) is 0 Å². The summed E-state index contributed by atoms with van der Waals surface area (Å²) in [5, 5.41) is 0. The highest BCUT2D eigenvalue weighted by molar-refractivity contribution is 5.87.